The Morgan fingerprint density at radius 3 is 2.27 bits per heavy atom. The van der Waals surface area contributed by atoms with Crippen LogP contribution in [0.5, 0.6) is 6.01 Å². The first kappa shape index (κ1) is 12.5. The number of ether oxygens (including phenoxy) is 1. The van der Waals surface area contributed by atoms with E-state index in [1.54, 1.807) is 0 Å². The minimum Gasteiger partial charge on any atom is -0.463 e. The molecule has 0 bridgehead atoms. The largest absolute Gasteiger partial charge is 0.463 e. The summed E-state index contributed by atoms with van der Waals surface area (Å²) in [5, 5.41) is 0.0997. The average Bonchev–Trinajstić information content (AvgIpc) is 2.10. The molecule has 0 atom stereocenters. The molecule has 1 rings (SSSR count). The average molecular weight is 250 g/mol. The molecule has 0 saturated heterocycles. The van der Waals surface area contributed by atoms with Crippen LogP contribution in [0.15, 0.2) is 0 Å². The van der Waals surface area contributed by atoms with Gasteiger partial charge in [0.05, 0.1) is 6.61 Å². The highest BCUT2D eigenvalue weighted by atomic mass is 35.5. The first-order valence-corrected chi connectivity index (χ1v) is 5.53. The van der Waals surface area contributed by atoms with E-state index in [0.29, 0.717) is 12.5 Å². The quantitative estimate of drug-likeness (QED) is 0.753. The van der Waals surface area contributed by atoms with Crippen LogP contribution >= 0.6 is 23.2 Å². The van der Waals surface area contributed by atoms with E-state index in [2.05, 4.69) is 28.8 Å². The molecule has 4 nitrogen and oxygen atoms in total. The van der Waals surface area contributed by atoms with Gasteiger partial charge in [0, 0.05) is 0 Å². The Kier molecular flexibility index (Phi) is 5.05. The third kappa shape index (κ3) is 5.14. The van der Waals surface area contributed by atoms with Crippen LogP contribution in [0.4, 0.5) is 0 Å². The van der Waals surface area contributed by atoms with Gasteiger partial charge >= 0.3 is 6.01 Å². The number of hydrogen-bond donors (Lipinski definition) is 0. The van der Waals surface area contributed by atoms with Crippen molar-refractivity contribution in [3.05, 3.63) is 10.6 Å². The number of aromatic nitrogens is 3. The van der Waals surface area contributed by atoms with Crippen molar-refractivity contribution in [2.45, 2.75) is 26.7 Å². The highest BCUT2D eigenvalue weighted by Gasteiger charge is 2.03. The molecule has 0 amide bonds. The van der Waals surface area contributed by atoms with Gasteiger partial charge in [-0.1, -0.05) is 13.8 Å². The lowest BCUT2D eigenvalue weighted by Crippen LogP contribution is -2.03. The zero-order valence-electron chi connectivity index (χ0n) is 8.70. The van der Waals surface area contributed by atoms with E-state index in [0.717, 1.165) is 12.8 Å². The van der Waals surface area contributed by atoms with Crippen LogP contribution < -0.4 is 4.74 Å². The maximum Gasteiger partial charge on any atom is 0.322 e. The molecule has 15 heavy (non-hydrogen) atoms. The summed E-state index contributed by atoms with van der Waals surface area (Å²) < 4.78 is 5.29. The molecule has 0 aliphatic heterocycles. The summed E-state index contributed by atoms with van der Waals surface area (Å²) in [6, 6.07) is 0.184. The van der Waals surface area contributed by atoms with Crippen molar-refractivity contribution in [1.82, 2.24) is 15.0 Å². The molecular weight excluding hydrogens is 237 g/mol. The van der Waals surface area contributed by atoms with Gasteiger partial charge < -0.3 is 4.74 Å². The second-order valence-corrected chi connectivity index (χ2v) is 4.22. The summed E-state index contributed by atoms with van der Waals surface area (Å²) in [5.41, 5.74) is 0. The standard InChI is InChI=1S/C9H13Cl2N3O/c1-6(2)4-3-5-15-9-13-7(10)12-8(11)14-9/h6H,3-5H2,1-2H3. The Balaban J connectivity index is 2.37. The van der Waals surface area contributed by atoms with Crippen molar-refractivity contribution in [2.24, 2.45) is 5.92 Å². The van der Waals surface area contributed by atoms with Crippen LogP contribution in [0, 0.1) is 5.92 Å². The Morgan fingerprint density at radius 2 is 1.73 bits per heavy atom. The molecule has 6 heteroatoms. The normalized spacial score (nSPS) is 10.7. The second kappa shape index (κ2) is 6.08. The third-order valence-electron chi connectivity index (χ3n) is 1.72. The van der Waals surface area contributed by atoms with Gasteiger partial charge in [0.2, 0.25) is 10.6 Å². The summed E-state index contributed by atoms with van der Waals surface area (Å²) in [5.74, 6) is 0.666. The predicted octanol–water partition coefficient (Wildman–Crippen LogP) is 2.99. The Morgan fingerprint density at radius 1 is 1.13 bits per heavy atom. The molecule has 0 fully saturated rings. The molecule has 1 aromatic rings. The molecule has 1 heterocycles. The maximum absolute atomic E-state index is 5.59. The van der Waals surface area contributed by atoms with Gasteiger partial charge in [-0.3, -0.25) is 0 Å². The van der Waals surface area contributed by atoms with E-state index in [4.69, 9.17) is 27.9 Å². The van der Waals surface area contributed by atoms with Crippen LogP contribution in [0.3, 0.4) is 0 Å². The SMILES string of the molecule is CC(C)CCCOc1nc(Cl)nc(Cl)n1. The van der Waals surface area contributed by atoms with Gasteiger partial charge in [0.15, 0.2) is 0 Å². The number of nitrogens with zero attached hydrogens (tertiary/aromatic N) is 3. The van der Waals surface area contributed by atoms with Gasteiger partial charge in [-0.2, -0.15) is 15.0 Å². The lowest BCUT2D eigenvalue weighted by molar-refractivity contribution is 0.275. The lowest BCUT2D eigenvalue weighted by Gasteiger charge is -2.05. The Labute approximate surface area is 99.0 Å². The van der Waals surface area contributed by atoms with E-state index < -0.39 is 0 Å². The first-order chi connectivity index (χ1) is 7.08. The Bertz CT molecular complexity index is 300. The minimum absolute atomic E-state index is 0.0499. The van der Waals surface area contributed by atoms with Crippen LogP contribution in [0.2, 0.25) is 10.6 Å². The van der Waals surface area contributed by atoms with E-state index in [-0.39, 0.29) is 16.6 Å². The van der Waals surface area contributed by atoms with Gasteiger partial charge in [0.25, 0.3) is 0 Å². The number of rotatable bonds is 5. The zero-order chi connectivity index (χ0) is 11.3. The van der Waals surface area contributed by atoms with Crippen molar-refractivity contribution < 1.29 is 4.74 Å². The summed E-state index contributed by atoms with van der Waals surface area (Å²) in [6.07, 6.45) is 2.06. The zero-order valence-corrected chi connectivity index (χ0v) is 10.2. The Hall–Kier alpha value is -0.610. The molecule has 84 valence electrons. The fraction of sp³-hybridized carbons (Fsp3) is 0.667. The molecule has 0 aromatic carbocycles. The summed E-state index contributed by atoms with van der Waals surface area (Å²) in [7, 11) is 0. The van der Waals surface area contributed by atoms with Crippen molar-refractivity contribution >= 4 is 23.2 Å². The molecule has 0 spiro atoms. The van der Waals surface area contributed by atoms with E-state index in [1.165, 1.54) is 0 Å². The van der Waals surface area contributed by atoms with E-state index in [9.17, 15) is 0 Å². The van der Waals surface area contributed by atoms with Crippen LogP contribution in [0.25, 0.3) is 0 Å². The molecular formula is C9H13Cl2N3O. The molecule has 0 radical (unpaired) electrons. The minimum atomic E-state index is 0.0499. The number of halogens is 2. The lowest BCUT2D eigenvalue weighted by atomic mass is 10.1. The molecule has 0 N–H and O–H groups in total. The van der Waals surface area contributed by atoms with Crippen LogP contribution in [0.1, 0.15) is 26.7 Å². The topological polar surface area (TPSA) is 47.9 Å². The fourth-order valence-corrected chi connectivity index (χ4v) is 1.38. The molecule has 0 saturated carbocycles. The van der Waals surface area contributed by atoms with Gasteiger partial charge in [-0.05, 0) is 42.0 Å². The highest BCUT2D eigenvalue weighted by Crippen LogP contribution is 2.12. The first-order valence-electron chi connectivity index (χ1n) is 4.78. The van der Waals surface area contributed by atoms with Crippen molar-refractivity contribution in [3.8, 4) is 6.01 Å². The van der Waals surface area contributed by atoms with Crippen LogP contribution in [-0.4, -0.2) is 21.6 Å². The van der Waals surface area contributed by atoms with E-state index in [1.807, 2.05) is 0 Å². The van der Waals surface area contributed by atoms with E-state index >= 15 is 0 Å². The molecule has 0 aliphatic rings. The third-order valence-corrected chi connectivity index (χ3v) is 2.06. The maximum atomic E-state index is 5.59. The van der Waals surface area contributed by atoms with Gasteiger partial charge in [0.1, 0.15) is 0 Å². The second-order valence-electron chi connectivity index (χ2n) is 3.54. The van der Waals surface area contributed by atoms with Gasteiger partial charge in [-0.25, -0.2) is 0 Å². The highest BCUT2D eigenvalue weighted by molar-refractivity contribution is 6.31. The van der Waals surface area contributed by atoms with Gasteiger partial charge in [-0.15, -0.1) is 0 Å². The van der Waals surface area contributed by atoms with Crippen molar-refractivity contribution in [3.63, 3.8) is 0 Å². The van der Waals surface area contributed by atoms with Crippen molar-refractivity contribution in [1.29, 1.82) is 0 Å². The summed E-state index contributed by atoms with van der Waals surface area (Å²) >= 11 is 11.2. The smallest absolute Gasteiger partial charge is 0.322 e. The predicted molar refractivity (Wildman–Crippen MR) is 59.4 cm³/mol. The van der Waals surface area contributed by atoms with Crippen molar-refractivity contribution in [2.75, 3.05) is 6.61 Å². The van der Waals surface area contributed by atoms with Crippen LogP contribution in [-0.2, 0) is 0 Å². The summed E-state index contributed by atoms with van der Waals surface area (Å²) in [6.45, 7) is 4.89. The fourth-order valence-electron chi connectivity index (χ4n) is 1.03. The molecule has 1 aromatic heterocycles. The molecule has 0 unspecified atom stereocenters. The number of hydrogen-bond acceptors (Lipinski definition) is 4. The monoisotopic (exact) mass is 249 g/mol. The summed E-state index contributed by atoms with van der Waals surface area (Å²) in [4.78, 5) is 11.2. The molecule has 0 aliphatic carbocycles.